The lowest BCUT2D eigenvalue weighted by atomic mass is 10.1. The van der Waals surface area contributed by atoms with E-state index in [0.29, 0.717) is 35.1 Å². The van der Waals surface area contributed by atoms with Crippen LogP contribution in [0.5, 0.6) is 5.75 Å². The van der Waals surface area contributed by atoms with E-state index in [1.165, 1.54) is 6.92 Å². The van der Waals surface area contributed by atoms with Crippen molar-refractivity contribution >= 4 is 34.8 Å². The standard InChI is InChI=1S/C20H22ClN3O3/c1-14(25)15-3-5-16(6-4-15)22-20(26)24-11-9-23(10-12-24)17-7-8-19(27-2)18(21)13-17/h3-8,13H,9-12H2,1-2H3,(H,22,26). The van der Waals surface area contributed by atoms with Gasteiger partial charge in [0.15, 0.2) is 5.78 Å². The van der Waals surface area contributed by atoms with Crippen LogP contribution in [0.2, 0.25) is 5.02 Å². The van der Waals surface area contributed by atoms with E-state index in [9.17, 15) is 9.59 Å². The molecule has 1 aliphatic rings. The van der Waals surface area contributed by atoms with Gasteiger partial charge in [0.2, 0.25) is 0 Å². The largest absolute Gasteiger partial charge is 0.495 e. The Labute approximate surface area is 163 Å². The zero-order chi connectivity index (χ0) is 19.4. The number of amides is 2. The Bertz CT molecular complexity index is 831. The van der Waals surface area contributed by atoms with E-state index in [1.54, 1.807) is 36.3 Å². The average molecular weight is 388 g/mol. The van der Waals surface area contributed by atoms with Crippen LogP contribution in [0.1, 0.15) is 17.3 Å². The maximum Gasteiger partial charge on any atom is 0.321 e. The molecule has 0 radical (unpaired) electrons. The monoisotopic (exact) mass is 387 g/mol. The Balaban J connectivity index is 1.56. The van der Waals surface area contributed by atoms with Gasteiger partial charge in [-0.25, -0.2) is 4.79 Å². The molecule has 0 saturated carbocycles. The molecule has 27 heavy (non-hydrogen) atoms. The molecule has 3 rings (SSSR count). The van der Waals surface area contributed by atoms with E-state index in [-0.39, 0.29) is 11.8 Å². The molecule has 1 N–H and O–H groups in total. The van der Waals surface area contributed by atoms with Crippen molar-refractivity contribution in [3.63, 3.8) is 0 Å². The first-order chi connectivity index (χ1) is 13.0. The first-order valence-electron chi connectivity index (χ1n) is 8.73. The van der Waals surface area contributed by atoms with Crippen molar-refractivity contribution in [1.29, 1.82) is 0 Å². The van der Waals surface area contributed by atoms with Gasteiger partial charge in [-0.2, -0.15) is 0 Å². The number of rotatable bonds is 4. The van der Waals surface area contributed by atoms with Crippen LogP contribution in [0.3, 0.4) is 0 Å². The quantitative estimate of drug-likeness (QED) is 0.808. The molecule has 0 unspecified atom stereocenters. The lowest BCUT2D eigenvalue weighted by Gasteiger charge is -2.36. The van der Waals surface area contributed by atoms with E-state index >= 15 is 0 Å². The van der Waals surface area contributed by atoms with Crippen molar-refractivity contribution in [1.82, 2.24) is 4.90 Å². The first kappa shape index (κ1) is 19.0. The third kappa shape index (κ3) is 4.52. The lowest BCUT2D eigenvalue weighted by molar-refractivity contribution is 0.101. The molecular weight excluding hydrogens is 366 g/mol. The summed E-state index contributed by atoms with van der Waals surface area (Å²) in [4.78, 5) is 27.7. The van der Waals surface area contributed by atoms with Gasteiger partial charge in [0.25, 0.3) is 0 Å². The number of ketones is 1. The van der Waals surface area contributed by atoms with Crippen molar-refractivity contribution < 1.29 is 14.3 Å². The number of ether oxygens (including phenoxy) is 1. The van der Waals surface area contributed by atoms with Crippen LogP contribution in [0, 0.1) is 0 Å². The Morgan fingerprint density at radius 3 is 2.26 bits per heavy atom. The lowest BCUT2D eigenvalue weighted by Crippen LogP contribution is -2.50. The van der Waals surface area contributed by atoms with Crippen LogP contribution in [-0.2, 0) is 0 Å². The number of halogens is 1. The highest BCUT2D eigenvalue weighted by Crippen LogP contribution is 2.29. The minimum Gasteiger partial charge on any atom is -0.495 e. The summed E-state index contributed by atoms with van der Waals surface area (Å²) in [7, 11) is 1.59. The molecule has 1 saturated heterocycles. The van der Waals surface area contributed by atoms with Gasteiger partial charge in [0.1, 0.15) is 5.75 Å². The molecule has 6 nitrogen and oxygen atoms in total. The molecule has 7 heteroatoms. The summed E-state index contributed by atoms with van der Waals surface area (Å²) in [6.07, 6.45) is 0. The van der Waals surface area contributed by atoms with Gasteiger partial charge in [-0.3, -0.25) is 4.79 Å². The number of hydrogen-bond acceptors (Lipinski definition) is 4. The zero-order valence-corrected chi connectivity index (χ0v) is 16.1. The summed E-state index contributed by atoms with van der Waals surface area (Å²) < 4.78 is 5.18. The normalized spacial score (nSPS) is 14.0. The number of piperazine rings is 1. The second-order valence-electron chi connectivity index (χ2n) is 6.36. The number of methoxy groups -OCH3 is 1. The molecule has 1 fully saturated rings. The maximum atomic E-state index is 12.5. The second kappa shape index (κ2) is 8.31. The van der Waals surface area contributed by atoms with Crippen LogP contribution in [0.15, 0.2) is 42.5 Å². The first-order valence-corrected chi connectivity index (χ1v) is 9.11. The van der Waals surface area contributed by atoms with Crippen LogP contribution in [0.25, 0.3) is 0 Å². The maximum absolute atomic E-state index is 12.5. The van der Waals surface area contributed by atoms with Gasteiger partial charge in [0, 0.05) is 43.1 Å². The summed E-state index contributed by atoms with van der Waals surface area (Å²) in [5, 5.41) is 3.45. The van der Waals surface area contributed by atoms with Crippen LogP contribution in [-0.4, -0.2) is 50.0 Å². The number of carbonyl (C=O) groups excluding carboxylic acids is 2. The van der Waals surface area contributed by atoms with Crippen LogP contribution < -0.4 is 15.0 Å². The third-order valence-electron chi connectivity index (χ3n) is 4.61. The molecule has 1 heterocycles. The molecule has 0 spiro atoms. The Morgan fingerprint density at radius 2 is 1.70 bits per heavy atom. The van der Waals surface area contributed by atoms with E-state index in [2.05, 4.69) is 10.2 Å². The van der Waals surface area contributed by atoms with Crippen molar-refractivity contribution in [2.24, 2.45) is 0 Å². The number of nitrogens with one attached hydrogen (secondary N) is 1. The minimum absolute atomic E-state index is 0.00244. The van der Waals surface area contributed by atoms with Crippen LogP contribution >= 0.6 is 11.6 Å². The number of benzene rings is 2. The second-order valence-corrected chi connectivity index (χ2v) is 6.76. The molecule has 1 aliphatic heterocycles. The fraction of sp³-hybridized carbons (Fsp3) is 0.300. The van der Waals surface area contributed by atoms with Crippen LogP contribution in [0.4, 0.5) is 16.2 Å². The fourth-order valence-electron chi connectivity index (χ4n) is 3.01. The van der Waals surface area contributed by atoms with Crippen molar-refractivity contribution in [2.45, 2.75) is 6.92 Å². The molecule has 2 aromatic carbocycles. The molecule has 2 aromatic rings. The number of Topliss-reactive ketones (excluding diaryl/α,β-unsaturated/α-hetero) is 1. The van der Waals surface area contributed by atoms with Crippen molar-refractivity contribution in [2.75, 3.05) is 43.5 Å². The molecular formula is C20H22ClN3O3. The van der Waals surface area contributed by atoms with Crippen molar-refractivity contribution in [3.8, 4) is 5.75 Å². The topological polar surface area (TPSA) is 61.9 Å². The smallest absolute Gasteiger partial charge is 0.321 e. The summed E-state index contributed by atoms with van der Waals surface area (Å²) in [6, 6.07) is 12.5. The molecule has 0 atom stereocenters. The van der Waals surface area contributed by atoms with Gasteiger partial charge >= 0.3 is 6.03 Å². The van der Waals surface area contributed by atoms with Gasteiger partial charge in [0.05, 0.1) is 12.1 Å². The molecule has 2 amide bonds. The summed E-state index contributed by atoms with van der Waals surface area (Å²) in [6.45, 7) is 4.18. The average Bonchev–Trinajstić information content (AvgIpc) is 2.68. The zero-order valence-electron chi connectivity index (χ0n) is 15.4. The third-order valence-corrected chi connectivity index (χ3v) is 4.91. The van der Waals surface area contributed by atoms with Gasteiger partial charge in [-0.05, 0) is 49.4 Å². The number of hydrogen-bond donors (Lipinski definition) is 1. The highest BCUT2D eigenvalue weighted by Gasteiger charge is 2.22. The Hall–Kier alpha value is -2.73. The molecule has 0 aliphatic carbocycles. The van der Waals surface area contributed by atoms with E-state index in [0.717, 1.165) is 18.8 Å². The summed E-state index contributed by atoms with van der Waals surface area (Å²) >= 11 is 6.20. The number of urea groups is 1. The molecule has 0 bridgehead atoms. The van der Waals surface area contributed by atoms with Gasteiger partial charge in [-0.15, -0.1) is 0 Å². The predicted molar refractivity (Wildman–Crippen MR) is 107 cm³/mol. The highest BCUT2D eigenvalue weighted by molar-refractivity contribution is 6.32. The summed E-state index contributed by atoms with van der Waals surface area (Å²) in [5.74, 6) is 0.650. The Kier molecular flexibility index (Phi) is 5.86. The number of anilines is 2. The SMILES string of the molecule is COc1ccc(N2CCN(C(=O)Nc3ccc(C(C)=O)cc3)CC2)cc1Cl. The number of carbonyl (C=O) groups is 2. The van der Waals surface area contributed by atoms with E-state index < -0.39 is 0 Å². The fourth-order valence-corrected chi connectivity index (χ4v) is 3.26. The Morgan fingerprint density at radius 1 is 1.04 bits per heavy atom. The van der Waals surface area contributed by atoms with E-state index in [4.69, 9.17) is 16.3 Å². The van der Waals surface area contributed by atoms with Gasteiger partial charge < -0.3 is 19.9 Å². The predicted octanol–water partition coefficient (Wildman–Crippen LogP) is 3.91. The number of nitrogens with zero attached hydrogens (tertiary/aromatic N) is 2. The van der Waals surface area contributed by atoms with Crippen molar-refractivity contribution in [3.05, 3.63) is 53.1 Å². The molecule has 0 aromatic heterocycles. The summed E-state index contributed by atoms with van der Waals surface area (Å²) in [5.41, 5.74) is 2.31. The molecule has 142 valence electrons. The van der Waals surface area contributed by atoms with E-state index in [1.807, 2.05) is 18.2 Å². The highest BCUT2D eigenvalue weighted by atomic mass is 35.5. The minimum atomic E-state index is -0.141. The van der Waals surface area contributed by atoms with Gasteiger partial charge in [-0.1, -0.05) is 11.6 Å².